The summed E-state index contributed by atoms with van der Waals surface area (Å²) in [5.41, 5.74) is 3.27. The van der Waals surface area contributed by atoms with Crippen LogP contribution in [0.2, 0.25) is 0 Å². The van der Waals surface area contributed by atoms with Crippen LogP contribution in [0.4, 0.5) is 0 Å². The zero-order valence-electron chi connectivity index (χ0n) is 10.7. The van der Waals surface area contributed by atoms with Gasteiger partial charge in [0, 0.05) is 0 Å². The van der Waals surface area contributed by atoms with Crippen LogP contribution in [0.1, 0.15) is 52.4 Å². The largest absolute Gasteiger partial charge is 0.0882 e. The maximum atomic E-state index is 2.40. The molecule has 2 rings (SSSR count). The number of hydrogen-bond acceptors (Lipinski definition) is 0. The monoisotopic (exact) mass is 216 g/mol. The van der Waals surface area contributed by atoms with E-state index < -0.39 is 0 Å². The highest BCUT2D eigenvalue weighted by atomic mass is 14.3. The summed E-state index contributed by atoms with van der Waals surface area (Å²) in [6, 6.07) is 0. The lowest BCUT2D eigenvalue weighted by atomic mass is 9.71. The van der Waals surface area contributed by atoms with Crippen molar-refractivity contribution < 1.29 is 0 Å². The van der Waals surface area contributed by atoms with E-state index in [1.807, 2.05) is 0 Å². The first kappa shape index (κ1) is 11.7. The highest BCUT2D eigenvalue weighted by molar-refractivity contribution is 5.29. The van der Waals surface area contributed by atoms with E-state index >= 15 is 0 Å². The molecule has 0 amide bonds. The van der Waals surface area contributed by atoms with Gasteiger partial charge in [-0.15, -0.1) is 0 Å². The lowest BCUT2D eigenvalue weighted by Crippen LogP contribution is -2.22. The van der Waals surface area contributed by atoms with Gasteiger partial charge in [0.1, 0.15) is 0 Å². The van der Waals surface area contributed by atoms with Crippen molar-refractivity contribution in [2.75, 3.05) is 0 Å². The van der Waals surface area contributed by atoms with E-state index in [1.165, 1.54) is 38.5 Å². The molecule has 2 aliphatic carbocycles. The Morgan fingerprint density at radius 1 is 1.19 bits per heavy atom. The van der Waals surface area contributed by atoms with Crippen LogP contribution in [0, 0.1) is 11.8 Å². The van der Waals surface area contributed by atoms with Crippen LogP contribution in [0.3, 0.4) is 0 Å². The molecule has 0 N–H and O–H groups in total. The lowest BCUT2D eigenvalue weighted by molar-refractivity contribution is 0.302. The van der Waals surface area contributed by atoms with Gasteiger partial charge in [0.05, 0.1) is 0 Å². The summed E-state index contributed by atoms with van der Waals surface area (Å²) in [5, 5.41) is 0. The number of allylic oxidation sites excluding steroid dienone is 6. The van der Waals surface area contributed by atoms with Crippen LogP contribution in [-0.2, 0) is 0 Å². The molecule has 0 aliphatic heterocycles. The van der Waals surface area contributed by atoms with Crippen molar-refractivity contribution >= 4 is 0 Å². The molecule has 2 atom stereocenters. The Balaban J connectivity index is 2.03. The van der Waals surface area contributed by atoms with E-state index in [4.69, 9.17) is 0 Å². The first-order valence-electron chi connectivity index (χ1n) is 6.81. The molecule has 0 aromatic carbocycles. The number of rotatable bonds is 3. The fraction of sp³-hybridized carbons (Fsp3) is 0.625. The van der Waals surface area contributed by atoms with Crippen molar-refractivity contribution in [3.05, 3.63) is 35.5 Å². The van der Waals surface area contributed by atoms with Gasteiger partial charge in [-0.3, -0.25) is 0 Å². The molecule has 0 aromatic heterocycles. The SMILES string of the molecule is CCC/C=C\C1=C(C)CC2CC=CCC2C1. The van der Waals surface area contributed by atoms with E-state index in [0.717, 1.165) is 11.8 Å². The van der Waals surface area contributed by atoms with E-state index in [0.29, 0.717) is 0 Å². The number of hydrogen-bond donors (Lipinski definition) is 0. The summed E-state index contributed by atoms with van der Waals surface area (Å²) < 4.78 is 0. The maximum absolute atomic E-state index is 2.40. The smallest absolute Gasteiger partial charge is 0.0245 e. The van der Waals surface area contributed by atoms with Crippen LogP contribution in [0.25, 0.3) is 0 Å². The van der Waals surface area contributed by atoms with E-state index in [9.17, 15) is 0 Å². The van der Waals surface area contributed by atoms with E-state index in [1.54, 1.807) is 11.1 Å². The standard InChI is InChI=1S/C16H24/c1-3-4-5-8-14-12-16-10-7-6-9-15(16)11-13(14)2/h5-8,15-16H,3-4,9-12H2,1-2H3/b8-5-. The van der Waals surface area contributed by atoms with E-state index in [2.05, 4.69) is 38.2 Å². The van der Waals surface area contributed by atoms with Crippen LogP contribution < -0.4 is 0 Å². The quantitative estimate of drug-likeness (QED) is 0.580. The average molecular weight is 216 g/mol. The normalized spacial score (nSPS) is 29.9. The Hall–Kier alpha value is -0.780. The molecule has 0 aromatic rings. The zero-order chi connectivity index (χ0) is 11.4. The summed E-state index contributed by atoms with van der Waals surface area (Å²) >= 11 is 0. The molecule has 0 fully saturated rings. The minimum absolute atomic E-state index is 0.926. The Morgan fingerprint density at radius 3 is 2.56 bits per heavy atom. The van der Waals surface area contributed by atoms with E-state index in [-0.39, 0.29) is 0 Å². The van der Waals surface area contributed by atoms with Crippen LogP contribution in [-0.4, -0.2) is 0 Å². The second-order valence-corrected chi connectivity index (χ2v) is 5.37. The van der Waals surface area contributed by atoms with Crippen molar-refractivity contribution in [2.45, 2.75) is 52.4 Å². The molecule has 0 bridgehead atoms. The Kier molecular flexibility index (Phi) is 4.04. The molecule has 0 saturated heterocycles. The van der Waals surface area contributed by atoms with Crippen molar-refractivity contribution in [1.29, 1.82) is 0 Å². The summed E-state index contributed by atoms with van der Waals surface area (Å²) in [4.78, 5) is 0. The minimum Gasteiger partial charge on any atom is -0.0882 e. The Labute approximate surface area is 100 Å². The summed E-state index contributed by atoms with van der Waals surface area (Å²) in [7, 11) is 0. The highest BCUT2D eigenvalue weighted by Crippen LogP contribution is 2.40. The topological polar surface area (TPSA) is 0 Å². The molecule has 0 nitrogen and oxygen atoms in total. The van der Waals surface area contributed by atoms with Gasteiger partial charge in [0.15, 0.2) is 0 Å². The number of unbranched alkanes of at least 4 members (excludes halogenated alkanes) is 1. The molecule has 2 aliphatic rings. The van der Waals surface area contributed by atoms with Crippen molar-refractivity contribution in [3.63, 3.8) is 0 Å². The summed E-state index contributed by atoms with van der Waals surface area (Å²) in [5.74, 6) is 1.86. The molecule has 0 saturated carbocycles. The lowest BCUT2D eigenvalue weighted by Gasteiger charge is -2.34. The maximum Gasteiger partial charge on any atom is -0.0245 e. The zero-order valence-corrected chi connectivity index (χ0v) is 10.7. The molecule has 0 heterocycles. The summed E-state index contributed by atoms with van der Waals surface area (Å²) in [6.45, 7) is 4.58. The predicted octanol–water partition coefficient (Wildman–Crippen LogP) is 5.04. The highest BCUT2D eigenvalue weighted by Gasteiger charge is 2.27. The van der Waals surface area contributed by atoms with Crippen LogP contribution in [0.15, 0.2) is 35.5 Å². The second-order valence-electron chi connectivity index (χ2n) is 5.37. The molecular weight excluding hydrogens is 192 g/mol. The molecule has 0 spiro atoms. The first-order chi connectivity index (χ1) is 7.81. The fourth-order valence-corrected chi connectivity index (χ4v) is 3.01. The van der Waals surface area contributed by atoms with Gasteiger partial charge in [-0.2, -0.15) is 0 Å². The Morgan fingerprint density at radius 2 is 1.88 bits per heavy atom. The van der Waals surface area contributed by atoms with Crippen molar-refractivity contribution in [3.8, 4) is 0 Å². The van der Waals surface area contributed by atoms with Gasteiger partial charge in [-0.1, -0.05) is 43.2 Å². The first-order valence-corrected chi connectivity index (χ1v) is 6.81. The molecule has 88 valence electrons. The molecule has 16 heavy (non-hydrogen) atoms. The third-order valence-corrected chi connectivity index (χ3v) is 4.08. The predicted molar refractivity (Wildman–Crippen MR) is 71.3 cm³/mol. The van der Waals surface area contributed by atoms with Crippen molar-refractivity contribution in [2.24, 2.45) is 11.8 Å². The van der Waals surface area contributed by atoms with Crippen LogP contribution in [0.5, 0.6) is 0 Å². The Bertz CT molecular complexity index is 317. The second kappa shape index (κ2) is 5.52. The van der Waals surface area contributed by atoms with Gasteiger partial charge in [0.2, 0.25) is 0 Å². The van der Waals surface area contributed by atoms with Gasteiger partial charge in [0.25, 0.3) is 0 Å². The third-order valence-electron chi connectivity index (χ3n) is 4.08. The minimum atomic E-state index is 0.926. The van der Waals surface area contributed by atoms with Gasteiger partial charge in [-0.05, 0) is 56.4 Å². The average Bonchev–Trinajstić information content (AvgIpc) is 2.30. The van der Waals surface area contributed by atoms with Crippen LogP contribution >= 0.6 is 0 Å². The summed E-state index contributed by atoms with van der Waals surface area (Å²) in [6.07, 6.45) is 17.3. The molecule has 0 radical (unpaired) electrons. The number of fused-ring (bicyclic) bond motifs is 1. The molecular formula is C16H24. The van der Waals surface area contributed by atoms with Gasteiger partial charge >= 0.3 is 0 Å². The third kappa shape index (κ3) is 2.66. The fourth-order valence-electron chi connectivity index (χ4n) is 3.01. The molecule has 2 unspecified atom stereocenters. The molecule has 0 heteroatoms. The van der Waals surface area contributed by atoms with Gasteiger partial charge in [-0.25, -0.2) is 0 Å². The van der Waals surface area contributed by atoms with Gasteiger partial charge < -0.3 is 0 Å². The van der Waals surface area contributed by atoms with Crippen molar-refractivity contribution in [1.82, 2.24) is 0 Å².